The van der Waals surface area contributed by atoms with Crippen molar-refractivity contribution in [3.63, 3.8) is 0 Å². The molecule has 0 spiro atoms. The average molecular weight is 324 g/mol. The number of anilines is 1. The second-order valence-corrected chi connectivity index (χ2v) is 6.21. The zero-order valence-electron chi connectivity index (χ0n) is 13.7. The summed E-state index contributed by atoms with van der Waals surface area (Å²) in [5, 5.41) is 5.78. The number of benzene rings is 1. The minimum Gasteiger partial charge on any atom is -0.353 e. The summed E-state index contributed by atoms with van der Waals surface area (Å²) in [5.41, 5.74) is 3.61. The number of hydrogen-bond acceptors (Lipinski definition) is 4. The lowest BCUT2D eigenvalue weighted by Gasteiger charge is -2.15. The average Bonchev–Trinajstić information content (AvgIpc) is 2.83. The topological polar surface area (TPSA) is 84.0 Å². The van der Waals surface area contributed by atoms with Gasteiger partial charge in [-0.2, -0.15) is 0 Å². The first kappa shape index (κ1) is 16.1. The number of nitrogens with zero attached hydrogens (tertiary/aromatic N) is 2. The lowest BCUT2D eigenvalue weighted by molar-refractivity contribution is -0.125. The van der Waals surface area contributed by atoms with Gasteiger partial charge in [0.2, 0.25) is 11.8 Å². The van der Waals surface area contributed by atoms with E-state index in [1.54, 1.807) is 18.6 Å². The molecule has 0 saturated heterocycles. The Morgan fingerprint density at radius 1 is 1.38 bits per heavy atom. The van der Waals surface area contributed by atoms with Crippen LogP contribution in [-0.4, -0.2) is 27.8 Å². The molecule has 0 bridgehead atoms. The van der Waals surface area contributed by atoms with Gasteiger partial charge >= 0.3 is 0 Å². The van der Waals surface area contributed by atoms with Crippen LogP contribution in [0.1, 0.15) is 36.1 Å². The van der Waals surface area contributed by atoms with Gasteiger partial charge in [-0.1, -0.05) is 12.1 Å². The second kappa shape index (κ2) is 6.78. The lowest BCUT2D eigenvalue weighted by atomic mass is 9.96. The van der Waals surface area contributed by atoms with Crippen LogP contribution in [0.4, 0.5) is 5.69 Å². The molecule has 0 radical (unpaired) electrons. The molecule has 0 fully saturated rings. The number of carbonyl (C=O) groups excluding carboxylic acids is 2. The van der Waals surface area contributed by atoms with Crippen LogP contribution in [0.15, 0.2) is 36.8 Å². The number of aromatic nitrogens is 2. The number of aryl methyl sites for hydroxylation is 1. The van der Waals surface area contributed by atoms with E-state index in [-0.39, 0.29) is 24.3 Å². The molecule has 124 valence electrons. The van der Waals surface area contributed by atoms with Crippen LogP contribution in [0.2, 0.25) is 0 Å². The van der Waals surface area contributed by atoms with Gasteiger partial charge in [0.05, 0.1) is 11.6 Å². The fourth-order valence-electron chi connectivity index (χ4n) is 2.97. The Morgan fingerprint density at radius 2 is 2.21 bits per heavy atom. The third kappa shape index (κ3) is 3.59. The Labute approximate surface area is 140 Å². The summed E-state index contributed by atoms with van der Waals surface area (Å²) in [6, 6.07) is 5.74. The molecule has 1 aromatic heterocycles. The molecular weight excluding hydrogens is 304 g/mol. The highest BCUT2D eigenvalue weighted by Gasteiger charge is 2.32. The Kier molecular flexibility index (Phi) is 4.55. The normalized spacial score (nSPS) is 17.1. The zero-order chi connectivity index (χ0) is 17.1. The van der Waals surface area contributed by atoms with E-state index >= 15 is 0 Å². The maximum Gasteiger partial charge on any atom is 0.232 e. The molecule has 1 aliphatic heterocycles. The van der Waals surface area contributed by atoms with Gasteiger partial charge in [0.1, 0.15) is 0 Å². The van der Waals surface area contributed by atoms with Crippen molar-refractivity contribution in [2.75, 3.05) is 5.32 Å². The van der Waals surface area contributed by atoms with Crippen molar-refractivity contribution in [3.8, 4) is 0 Å². The minimum absolute atomic E-state index is 0.0730. The van der Waals surface area contributed by atoms with E-state index in [9.17, 15) is 9.59 Å². The Morgan fingerprint density at radius 3 is 2.96 bits per heavy atom. The maximum absolute atomic E-state index is 12.3. The summed E-state index contributed by atoms with van der Waals surface area (Å²) in [5.74, 6) is -0.684. The predicted molar refractivity (Wildman–Crippen MR) is 90.5 cm³/mol. The molecule has 2 amide bonds. The lowest BCUT2D eigenvalue weighted by Crippen LogP contribution is -2.35. The van der Waals surface area contributed by atoms with Crippen molar-refractivity contribution in [2.45, 2.75) is 38.6 Å². The van der Waals surface area contributed by atoms with Gasteiger partial charge in [-0.05, 0) is 31.0 Å². The molecule has 0 aliphatic carbocycles. The minimum atomic E-state index is -0.427. The summed E-state index contributed by atoms with van der Waals surface area (Å²) in [4.78, 5) is 32.7. The Bertz CT molecular complexity index is 761. The number of fused-ring (bicyclic) bond motifs is 1. The smallest absolute Gasteiger partial charge is 0.232 e. The molecule has 1 aromatic carbocycles. The van der Waals surface area contributed by atoms with Crippen LogP contribution in [-0.2, 0) is 16.0 Å². The first-order chi connectivity index (χ1) is 11.5. The van der Waals surface area contributed by atoms with E-state index in [0.717, 1.165) is 22.5 Å². The van der Waals surface area contributed by atoms with Gasteiger partial charge in [0.15, 0.2) is 0 Å². The standard InChI is InChI=1S/C18H20N4O2/c1-11-3-4-14-15(18(24)22-16(14)7-11)9-17(23)21-12(2)8-13-10-19-5-6-20-13/h3-7,10,12,15H,8-9H2,1-2H3,(H,21,23)(H,22,24). The van der Waals surface area contributed by atoms with Gasteiger partial charge in [-0.3, -0.25) is 19.6 Å². The monoisotopic (exact) mass is 324 g/mol. The maximum atomic E-state index is 12.3. The molecule has 1 aliphatic rings. The summed E-state index contributed by atoms with van der Waals surface area (Å²) in [7, 11) is 0. The van der Waals surface area contributed by atoms with Crippen LogP contribution in [0.3, 0.4) is 0 Å². The van der Waals surface area contributed by atoms with Crippen molar-refractivity contribution in [3.05, 3.63) is 53.6 Å². The number of nitrogens with one attached hydrogen (secondary N) is 2. The van der Waals surface area contributed by atoms with Crippen LogP contribution in [0.25, 0.3) is 0 Å². The first-order valence-corrected chi connectivity index (χ1v) is 7.98. The van der Waals surface area contributed by atoms with E-state index in [2.05, 4.69) is 20.6 Å². The Balaban J connectivity index is 1.60. The van der Waals surface area contributed by atoms with Gasteiger partial charge in [-0.25, -0.2) is 0 Å². The van der Waals surface area contributed by atoms with Crippen molar-refractivity contribution in [1.29, 1.82) is 0 Å². The van der Waals surface area contributed by atoms with Crippen LogP contribution in [0.5, 0.6) is 0 Å². The quantitative estimate of drug-likeness (QED) is 0.880. The van der Waals surface area contributed by atoms with Crippen molar-refractivity contribution in [1.82, 2.24) is 15.3 Å². The second-order valence-electron chi connectivity index (χ2n) is 6.21. The predicted octanol–water partition coefficient (Wildman–Crippen LogP) is 1.96. The van der Waals surface area contributed by atoms with Gasteiger partial charge in [0, 0.05) is 43.2 Å². The largest absolute Gasteiger partial charge is 0.353 e. The summed E-state index contributed by atoms with van der Waals surface area (Å²) in [6.07, 6.45) is 5.68. The zero-order valence-corrected chi connectivity index (χ0v) is 13.7. The van der Waals surface area contributed by atoms with E-state index in [1.165, 1.54) is 0 Å². The van der Waals surface area contributed by atoms with E-state index < -0.39 is 5.92 Å². The van der Waals surface area contributed by atoms with Gasteiger partial charge in [-0.15, -0.1) is 0 Å². The number of rotatable bonds is 5. The molecular formula is C18H20N4O2. The molecule has 3 rings (SSSR count). The van der Waals surface area contributed by atoms with E-state index in [0.29, 0.717) is 6.42 Å². The van der Waals surface area contributed by atoms with Crippen molar-refractivity contribution >= 4 is 17.5 Å². The Hall–Kier alpha value is -2.76. The summed E-state index contributed by atoms with van der Waals surface area (Å²) < 4.78 is 0. The molecule has 6 nitrogen and oxygen atoms in total. The molecule has 2 atom stereocenters. The third-order valence-corrected chi connectivity index (χ3v) is 4.09. The third-order valence-electron chi connectivity index (χ3n) is 4.09. The van der Waals surface area contributed by atoms with E-state index in [4.69, 9.17) is 0 Å². The summed E-state index contributed by atoms with van der Waals surface area (Å²) in [6.45, 7) is 3.89. The number of amides is 2. The molecule has 2 unspecified atom stereocenters. The number of carbonyl (C=O) groups is 2. The molecule has 0 saturated carbocycles. The fourth-order valence-corrected chi connectivity index (χ4v) is 2.97. The van der Waals surface area contributed by atoms with Crippen molar-refractivity contribution in [2.24, 2.45) is 0 Å². The molecule has 2 N–H and O–H groups in total. The first-order valence-electron chi connectivity index (χ1n) is 7.98. The van der Waals surface area contributed by atoms with E-state index in [1.807, 2.05) is 32.0 Å². The highest BCUT2D eigenvalue weighted by molar-refractivity contribution is 6.05. The fraction of sp³-hybridized carbons (Fsp3) is 0.333. The van der Waals surface area contributed by atoms with Crippen LogP contribution < -0.4 is 10.6 Å². The van der Waals surface area contributed by atoms with Gasteiger partial charge in [0.25, 0.3) is 0 Å². The number of hydrogen-bond donors (Lipinski definition) is 2. The highest BCUT2D eigenvalue weighted by atomic mass is 16.2. The highest BCUT2D eigenvalue weighted by Crippen LogP contribution is 2.35. The summed E-state index contributed by atoms with van der Waals surface area (Å²) >= 11 is 0. The SMILES string of the molecule is Cc1ccc2c(c1)NC(=O)C2CC(=O)NC(C)Cc1cnccn1. The van der Waals surface area contributed by atoms with Crippen LogP contribution >= 0.6 is 0 Å². The van der Waals surface area contributed by atoms with Crippen LogP contribution in [0, 0.1) is 6.92 Å². The molecule has 2 aromatic rings. The van der Waals surface area contributed by atoms with Gasteiger partial charge < -0.3 is 10.6 Å². The molecule has 2 heterocycles. The van der Waals surface area contributed by atoms with Crippen molar-refractivity contribution < 1.29 is 9.59 Å². The molecule has 24 heavy (non-hydrogen) atoms. The molecule has 6 heteroatoms.